The van der Waals surface area contributed by atoms with Gasteiger partial charge in [0.25, 0.3) is 0 Å². The van der Waals surface area contributed by atoms with Gasteiger partial charge in [0.05, 0.1) is 0 Å². The minimum atomic E-state index is -1.46. The van der Waals surface area contributed by atoms with Crippen LogP contribution < -0.4 is 0 Å². The van der Waals surface area contributed by atoms with Gasteiger partial charge in [-0.25, -0.2) is 0 Å². The molecule has 0 heterocycles. The van der Waals surface area contributed by atoms with Gasteiger partial charge >= 0.3 is 0 Å². The van der Waals surface area contributed by atoms with E-state index in [1.54, 1.807) is 7.06 Å². The molecule has 0 amide bonds. The van der Waals surface area contributed by atoms with Crippen molar-refractivity contribution in [2.75, 3.05) is 0 Å². The van der Waals surface area contributed by atoms with Crippen LogP contribution in [-0.2, 0) is 0 Å². The van der Waals surface area contributed by atoms with Crippen LogP contribution >= 0.6 is 0 Å². The first-order chi connectivity index (χ1) is 31.4. The monoisotopic (exact) mass is 763 g/mol. The van der Waals surface area contributed by atoms with Gasteiger partial charge in [0, 0.05) is 175 Å². The molecule has 0 saturated heterocycles. The van der Waals surface area contributed by atoms with Gasteiger partial charge in [0.15, 0.2) is 0 Å². The molecule has 0 saturated carbocycles. The maximum absolute atomic E-state index is 7.24. The fourth-order valence-corrected chi connectivity index (χ4v) is 11.4. The second-order valence-electron chi connectivity index (χ2n) is 18.9. The Morgan fingerprint density at radius 2 is 0.290 bits per heavy atom. The average Bonchev–Trinajstić information content (AvgIpc) is 3.13. The predicted molar refractivity (Wildman–Crippen MR) is 401 cm³/mol. The Balaban J connectivity index is 10.8. The molecule has 0 aliphatic heterocycles. The zero-order chi connectivity index (χ0) is 54.8. The van der Waals surface area contributed by atoms with Gasteiger partial charge in [-0.2, -0.15) is 0 Å². The lowest BCUT2D eigenvalue weighted by Gasteiger charge is -2.56. The minimum absolute atomic E-state index is 0.695. The summed E-state index contributed by atoms with van der Waals surface area (Å²) in [6.07, 6.45) is -44.8. The van der Waals surface area contributed by atoms with E-state index in [0.717, 1.165) is 0 Å². The standard InChI is InChI=1S/B69H3/c1-37(2)54(35)65(57(38(3)4)39(5)6)69(64(52(31)32)53(33)34)56(68(62(48(23)24)49(25)26)63(50(27)28)51(29)30)36-55(66(58(40(7)8)41(9)10)59(42(11)12)43(13)14)67(60(44(15)16)45(17)18)61(46(19)20)47(21)22/h1H3/q-1. The molecule has 69 heavy (non-hydrogen) atoms. The Hall–Kier alpha value is 4.48. The maximum atomic E-state index is 7.24. The van der Waals surface area contributed by atoms with Crippen LogP contribution in [0.4, 0.5) is 0 Å². The van der Waals surface area contributed by atoms with E-state index in [-0.39, 0.29) is 0 Å². The molecule has 0 aliphatic rings. The zero-order valence-corrected chi connectivity index (χ0v) is 39.3. The van der Waals surface area contributed by atoms with Crippen molar-refractivity contribution in [1.82, 2.24) is 0 Å². The Kier molecular flexibility index (Phi) is 36.1. The molecule has 0 fully saturated rings. The van der Waals surface area contributed by atoms with E-state index in [1.165, 1.54) is 0 Å². The van der Waals surface area contributed by atoms with Gasteiger partial charge in [-0.1, -0.05) is 7.74 Å². The molecule has 0 aromatic heterocycles. The summed E-state index contributed by atoms with van der Waals surface area (Å²) in [4.78, 5) is 0. The number of hydrogen-bond donors (Lipinski definition) is 0. The Bertz CT molecular complexity index is 1130. The molecule has 211 valence electrons. The molecule has 0 rings (SSSR count). The van der Waals surface area contributed by atoms with Crippen LogP contribution in [-0.4, -0.2) is 489 Å². The van der Waals surface area contributed by atoms with Gasteiger partial charge in [0.1, 0.15) is 0 Å². The summed E-state index contributed by atoms with van der Waals surface area (Å²) in [6.45, 7) is 0. The SMILES string of the molecule is [B]B([B])B(B([B])[B])B(B([B])B([B])[BH3-])B(B([B]B(B(B(B([B])[B])B([B])[B])B(B([B])[B])B([B])[B])B(B(B([B])[B])B([B])[B])B(B([B])[B])B([B])[B])B(B(B([B])[B])B([B])[B])B(B([B])[B])B([B])[B])B(B([B])[B])B([B])[B]. The molecule has 0 nitrogen and oxygen atoms in total. The van der Waals surface area contributed by atoms with Crippen molar-refractivity contribution in [3.63, 3.8) is 0 Å². The molecule has 0 aromatic rings. The van der Waals surface area contributed by atoms with Crippen LogP contribution in [0.3, 0.4) is 0 Å². The lowest BCUT2D eigenvalue weighted by Crippen LogP contribution is -2.94. The second kappa shape index (κ2) is 33.9. The molecule has 0 spiro atoms. The summed E-state index contributed by atoms with van der Waals surface area (Å²) in [5.41, 5.74) is 0. The van der Waals surface area contributed by atoms with E-state index in [0.29, 0.717) is 0 Å². The lowest BCUT2D eigenvalue weighted by molar-refractivity contribution is 3.20. The number of rotatable bonds is 33. The molecule has 69 heteroatoms. The van der Waals surface area contributed by atoms with Gasteiger partial charge in [-0.15, -0.1) is 6.39 Å². The summed E-state index contributed by atoms with van der Waals surface area (Å²) in [5.74, 6) is 0. The Morgan fingerprint density at radius 3 is 0.406 bits per heavy atom. The van der Waals surface area contributed by atoms with E-state index in [9.17, 15) is 0 Å². The lowest BCUT2D eigenvalue weighted by atomic mass is 8.26. The summed E-state index contributed by atoms with van der Waals surface area (Å²) < 4.78 is 0. The molecule has 69 radical (unpaired) electrons. The van der Waals surface area contributed by atoms with Crippen LogP contribution in [0.25, 0.3) is 0 Å². The molecule has 0 N–H and O–H groups in total. The van der Waals surface area contributed by atoms with Crippen molar-refractivity contribution < 1.29 is 0 Å². The van der Waals surface area contributed by atoms with Crippen LogP contribution in [0, 0.1) is 0 Å². The maximum Gasteiger partial charge on any atom is 0 e. The minimum Gasteiger partial charge on any atom is -0.128 e. The van der Waals surface area contributed by atoms with Gasteiger partial charge in [-0.3, -0.25) is 0 Å². The first-order valence-corrected chi connectivity index (χ1v) is 22.3. The van der Waals surface area contributed by atoms with Crippen LogP contribution in [0.1, 0.15) is 0 Å². The van der Waals surface area contributed by atoms with E-state index < -0.39 is 218 Å². The zero-order valence-electron chi connectivity index (χ0n) is 39.3. The van der Waals surface area contributed by atoms with Crippen molar-refractivity contribution in [2.45, 2.75) is 0 Å². The largest absolute Gasteiger partial charge is 0.128 e. The van der Waals surface area contributed by atoms with Gasteiger partial charge < -0.3 is 0 Å². The molecule has 0 aromatic carbocycles. The third kappa shape index (κ3) is 20.5. The Labute approximate surface area is 484 Å². The van der Waals surface area contributed by atoms with E-state index >= 15 is 0 Å². The Morgan fingerprint density at radius 1 is 0.174 bits per heavy atom. The fourth-order valence-electron chi connectivity index (χ4n) is 11.4. The molecule has 0 aliphatic carbocycles. The molecule has 0 unspecified atom stereocenters. The first kappa shape index (κ1) is 73.5. The highest BCUT2D eigenvalue weighted by molar-refractivity contribution is 8.35. The molecule has 0 atom stereocenters. The second-order valence-corrected chi connectivity index (χ2v) is 18.9. The van der Waals surface area contributed by atoms with Crippen molar-refractivity contribution in [3.8, 4) is 0 Å². The highest BCUT2D eigenvalue weighted by atomic mass is 13.4. The van der Waals surface area contributed by atoms with E-state index in [2.05, 4.69) is 0 Å². The number of hydrogen-bond acceptors (Lipinski definition) is 0. The highest BCUT2D eigenvalue weighted by Crippen LogP contribution is 2.22. The van der Waals surface area contributed by atoms with Gasteiger partial charge in [-0.05, 0) is 300 Å². The summed E-state index contributed by atoms with van der Waals surface area (Å²) in [5, 5.41) is 0. The van der Waals surface area contributed by atoms with E-state index in [1.807, 2.05) is 0 Å². The highest BCUT2D eigenvalue weighted by Gasteiger charge is 2.60. The van der Waals surface area contributed by atoms with Crippen molar-refractivity contribution in [1.29, 1.82) is 0 Å². The summed E-state index contributed by atoms with van der Waals surface area (Å²) >= 11 is 0. The summed E-state index contributed by atoms with van der Waals surface area (Å²) in [7, 11) is 228. The van der Waals surface area contributed by atoms with E-state index in [4.69, 9.17) is 263 Å². The van der Waals surface area contributed by atoms with Crippen LogP contribution in [0.15, 0.2) is 0 Å². The molecule has 0 bridgehead atoms. The smallest absolute Gasteiger partial charge is 0 e. The van der Waals surface area contributed by atoms with Crippen molar-refractivity contribution in [2.24, 2.45) is 0 Å². The van der Waals surface area contributed by atoms with Crippen molar-refractivity contribution >= 4 is 489 Å². The quantitative estimate of drug-likeness (QED) is 0.0586. The first-order valence-electron chi connectivity index (χ1n) is 22.3. The third-order valence-electron chi connectivity index (χ3n) is 14.0. The van der Waals surface area contributed by atoms with Crippen molar-refractivity contribution in [3.05, 3.63) is 0 Å². The average molecular weight is 749 g/mol. The van der Waals surface area contributed by atoms with Crippen LogP contribution in [0.5, 0.6) is 0 Å². The summed E-state index contributed by atoms with van der Waals surface area (Å²) in [6, 6.07) is 0. The van der Waals surface area contributed by atoms with Crippen LogP contribution in [0.2, 0.25) is 0 Å². The topological polar surface area (TPSA) is 0 Å². The predicted octanol–water partition coefficient (Wildman–Crippen LogP) is -27.1. The molecular formula is H3B69-. The van der Waals surface area contributed by atoms with Gasteiger partial charge in [0.2, 0.25) is 0 Å². The third-order valence-corrected chi connectivity index (χ3v) is 14.0. The molecular weight excluding hydrogens is 746 g/mol. The normalized spacial score (nSPS) is 9.75. The fraction of sp³-hybridized carbons (Fsp3) is 0.